The summed E-state index contributed by atoms with van der Waals surface area (Å²) in [6.45, 7) is 3.63. The van der Waals surface area contributed by atoms with Gasteiger partial charge in [-0.25, -0.2) is 4.98 Å². The lowest BCUT2D eigenvalue weighted by Gasteiger charge is -2.34. The molecule has 0 spiro atoms. The second kappa shape index (κ2) is 5.72. The van der Waals surface area contributed by atoms with Crippen LogP contribution in [0.5, 0.6) is 0 Å². The van der Waals surface area contributed by atoms with Crippen LogP contribution in [-0.2, 0) is 16.0 Å². The summed E-state index contributed by atoms with van der Waals surface area (Å²) in [6.07, 6.45) is 2.03. The van der Waals surface area contributed by atoms with Gasteiger partial charge in [-0.3, -0.25) is 9.89 Å². The number of ether oxygens (including phenoxy) is 1. The molecule has 1 fully saturated rings. The van der Waals surface area contributed by atoms with Crippen LogP contribution in [0.1, 0.15) is 22.4 Å². The Hall–Kier alpha value is -1.73. The lowest BCUT2D eigenvalue weighted by Crippen LogP contribution is -2.44. The minimum Gasteiger partial charge on any atom is -0.377 e. The van der Waals surface area contributed by atoms with E-state index in [1.807, 2.05) is 23.3 Å². The van der Waals surface area contributed by atoms with E-state index in [2.05, 4.69) is 15.2 Å². The van der Waals surface area contributed by atoms with Crippen LogP contribution in [0.25, 0.3) is 0 Å². The normalized spacial score (nSPS) is 19.2. The van der Waals surface area contributed by atoms with Gasteiger partial charge in [0.15, 0.2) is 0 Å². The standard InChI is InChI=1S/C13H16N4O2S/c1-9-15-10(8-20-9)6-13(18)17-4-5-19-7-12(17)11-2-3-14-16-11/h2-3,8,12H,4-7H2,1H3,(H,14,16). The van der Waals surface area contributed by atoms with Crippen molar-refractivity contribution < 1.29 is 9.53 Å². The van der Waals surface area contributed by atoms with E-state index in [9.17, 15) is 4.79 Å². The number of aromatic nitrogens is 3. The van der Waals surface area contributed by atoms with Crippen LogP contribution in [0.15, 0.2) is 17.6 Å². The number of H-pyrrole nitrogens is 1. The van der Waals surface area contributed by atoms with Crippen molar-refractivity contribution in [2.45, 2.75) is 19.4 Å². The first-order valence-corrected chi connectivity index (χ1v) is 7.39. The fraction of sp³-hybridized carbons (Fsp3) is 0.462. The molecule has 1 aliphatic heterocycles. The highest BCUT2D eigenvalue weighted by Crippen LogP contribution is 2.23. The summed E-state index contributed by atoms with van der Waals surface area (Å²) in [5.74, 6) is 0.0817. The van der Waals surface area contributed by atoms with E-state index < -0.39 is 0 Å². The molecule has 1 unspecified atom stereocenters. The Kier molecular flexibility index (Phi) is 3.79. The van der Waals surface area contributed by atoms with E-state index in [4.69, 9.17) is 4.74 Å². The van der Waals surface area contributed by atoms with Gasteiger partial charge in [0.1, 0.15) is 0 Å². The molecule has 0 radical (unpaired) electrons. The van der Waals surface area contributed by atoms with E-state index in [1.165, 1.54) is 0 Å². The van der Waals surface area contributed by atoms with Crippen molar-refractivity contribution in [1.82, 2.24) is 20.1 Å². The van der Waals surface area contributed by atoms with Gasteiger partial charge in [-0.15, -0.1) is 11.3 Å². The van der Waals surface area contributed by atoms with E-state index >= 15 is 0 Å². The number of aromatic amines is 1. The molecule has 0 aromatic carbocycles. The van der Waals surface area contributed by atoms with Gasteiger partial charge in [0, 0.05) is 18.1 Å². The largest absolute Gasteiger partial charge is 0.377 e. The van der Waals surface area contributed by atoms with Gasteiger partial charge in [-0.05, 0) is 13.0 Å². The van der Waals surface area contributed by atoms with Crippen LogP contribution in [0.2, 0.25) is 0 Å². The molecule has 1 saturated heterocycles. The molecule has 0 saturated carbocycles. The van der Waals surface area contributed by atoms with Gasteiger partial charge < -0.3 is 9.64 Å². The number of hydrogen-bond acceptors (Lipinski definition) is 5. The summed E-state index contributed by atoms with van der Waals surface area (Å²) < 4.78 is 5.49. The SMILES string of the molecule is Cc1nc(CC(=O)N2CCOCC2c2ccn[nH]2)cs1. The number of thiazole rings is 1. The molecule has 1 atom stereocenters. The molecule has 2 aromatic heterocycles. The smallest absolute Gasteiger partial charge is 0.229 e. The summed E-state index contributed by atoms with van der Waals surface area (Å²) in [6, 6.07) is 1.80. The Morgan fingerprint density at radius 2 is 2.55 bits per heavy atom. The highest BCUT2D eigenvalue weighted by Gasteiger charge is 2.29. The number of carbonyl (C=O) groups excluding carboxylic acids is 1. The topological polar surface area (TPSA) is 71.1 Å². The van der Waals surface area contributed by atoms with Crippen molar-refractivity contribution in [3.8, 4) is 0 Å². The average Bonchev–Trinajstić information content (AvgIpc) is 3.10. The number of nitrogens with one attached hydrogen (secondary N) is 1. The molecular weight excluding hydrogens is 276 g/mol. The zero-order valence-electron chi connectivity index (χ0n) is 11.2. The number of carbonyl (C=O) groups is 1. The summed E-state index contributed by atoms with van der Waals surface area (Å²) in [4.78, 5) is 18.7. The maximum Gasteiger partial charge on any atom is 0.229 e. The first-order valence-electron chi connectivity index (χ1n) is 6.51. The number of nitrogens with zero attached hydrogens (tertiary/aromatic N) is 3. The minimum absolute atomic E-state index is 0.0817. The molecule has 20 heavy (non-hydrogen) atoms. The van der Waals surface area contributed by atoms with Gasteiger partial charge in [0.05, 0.1) is 42.1 Å². The third-order valence-corrected chi connectivity index (χ3v) is 4.15. The number of hydrogen-bond donors (Lipinski definition) is 1. The number of rotatable bonds is 3. The summed E-state index contributed by atoms with van der Waals surface area (Å²) in [5, 5.41) is 9.80. The maximum absolute atomic E-state index is 12.5. The predicted octanol–water partition coefficient (Wildman–Crippen LogP) is 1.32. The van der Waals surface area contributed by atoms with E-state index in [0.29, 0.717) is 26.2 Å². The Balaban J connectivity index is 1.74. The van der Waals surface area contributed by atoms with Crippen molar-refractivity contribution in [1.29, 1.82) is 0 Å². The van der Waals surface area contributed by atoms with Crippen LogP contribution in [-0.4, -0.2) is 45.7 Å². The second-order valence-corrected chi connectivity index (χ2v) is 5.79. The van der Waals surface area contributed by atoms with Crippen LogP contribution >= 0.6 is 11.3 Å². The van der Waals surface area contributed by atoms with Crippen LogP contribution in [0.3, 0.4) is 0 Å². The van der Waals surface area contributed by atoms with Gasteiger partial charge >= 0.3 is 0 Å². The van der Waals surface area contributed by atoms with Crippen LogP contribution < -0.4 is 0 Å². The molecule has 0 bridgehead atoms. The minimum atomic E-state index is -0.0847. The van der Waals surface area contributed by atoms with Gasteiger partial charge in [-0.2, -0.15) is 5.10 Å². The van der Waals surface area contributed by atoms with Crippen molar-refractivity contribution in [2.75, 3.05) is 19.8 Å². The first-order chi connectivity index (χ1) is 9.74. The molecule has 0 aliphatic carbocycles. The zero-order valence-corrected chi connectivity index (χ0v) is 12.0. The zero-order chi connectivity index (χ0) is 13.9. The highest BCUT2D eigenvalue weighted by molar-refractivity contribution is 7.09. The number of morpholine rings is 1. The molecule has 3 heterocycles. The molecule has 1 aliphatic rings. The number of amides is 1. The van der Waals surface area contributed by atoms with E-state index in [0.717, 1.165) is 16.4 Å². The summed E-state index contributed by atoms with van der Waals surface area (Å²) in [7, 11) is 0. The Bertz CT molecular complexity index is 581. The van der Waals surface area contributed by atoms with Crippen LogP contribution in [0.4, 0.5) is 0 Å². The van der Waals surface area contributed by atoms with Crippen molar-refractivity contribution >= 4 is 17.2 Å². The van der Waals surface area contributed by atoms with Crippen molar-refractivity contribution in [3.05, 3.63) is 34.0 Å². The summed E-state index contributed by atoms with van der Waals surface area (Å²) in [5.41, 5.74) is 1.75. The second-order valence-electron chi connectivity index (χ2n) is 4.72. The highest BCUT2D eigenvalue weighted by atomic mass is 32.1. The Labute approximate surface area is 120 Å². The average molecular weight is 292 g/mol. The lowest BCUT2D eigenvalue weighted by molar-refractivity contribution is -0.139. The van der Waals surface area contributed by atoms with Gasteiger partial charge in [-0.1, -0.05) is 0 Å². The number of aryl methyl sites for hydroxylation is 1. The molecule has 1 N–H and O–H groups in total. The van der Waals surface area contributed by atoms with Crippen molar-refractivity contribution in [3.63, 3.8) is 0 Å². The van der Waals surface area contributed by atoms with Gasteiger partial charge in [0.2, 0.25) is 5.91 Å². The maximum atomic E-state index is 12.5. The first kappa shape index (κ1) is 13.3. The summed E-state index contributed by atoms with van der Waals surface area (Å²) >= 11 is 1.57. The van der Waals surface area contributed by atoms with E-state index in [-0.39, 0.29) is 11.9 Å². The fourth-order valence-electron chi connectivity index (χ4n) is 2.36. The van der Waals surface area contributed by atoms with Crippen LogP contribution in [0, 0.1) is 6.92 Å². The van der Waals surface area contributed by atoms with Gasteiger partial charge in [0.25, 0.3) is 0 Å². The molecular formula is C13H16N4O2S. The molecule has 106 valence electrons. The van der Waals surface area contributed by atoms with E-state index in [1.54, 1.807) is 17.5 Å². The Morgan fingerprint density at radius 1 is 1.65 bits per heavy atom. The molecule has 1 amide bonds. The fourth-order valence-corrected chi connectivity index (χ4v) is 2.97. The molecule has 6 nitrogen and oxygen atoms in total. The predicted molar refractivity (Wildman–Crippen MR) is 74.4 cm³/mol. The third-order valence-electron chi connectivity index (χ3n) is 3.33. The Morgan fingerprint density at radius 3 is 3.25 bits per heavy atom. The third kappa shape index (κ3) is 2.73. The lowest BCUT2D eigenvalue weighted by atomic mass is 10.1. The monoisotopic (exact) mass is 292 g/mol. The quantitative estimate of drug-likeness (QED) is 0.926. The molecule has 7 heteroatoms. The van der Waals surface area contributed by atoms with Crippen molar-refractivity contribution in [2.24, 2.45) is 0 Å². The molecule has 2 aromatic rings. The molecule has 3 rings (SSSR count).